The standard InChI is InChI=1S/C17H14BrN3O4/c1-3-25-17(23)15-16(22)14-11(18)5-4-6-12(14)21(20-15)10-7-8-19-13(9-10)24-2/h4-9H,3H2,1-2H3. The fourth-order valence-corrected chi connectivity index (χ4v) is 2.94. The van der Waals surface area contributed by atoms with Crippen LogP contribution in [0.15, 0.2) is 45.8 Å². The minimum Gasteiger partial charge on any atom is -0.481 e. The summed E-state index contributed by atoms with van der Waals surface area (Å²) in [5.41, 5.74) is 0.372. The van der Waals surface area contributed by atoms with Crippen LogP contribution in [0.2, 0.25) is 0 Å². The first-order valence-electron chi connectivity index (χ1n) is 7.46. The Morgan fingerprint density at radius 1 is 1.32 bits per heavy atom. The summed E-state index contributed by atoms with van der Waals surface area (Å²) in [7, 11) is 1.50. The van der Waals surface area contributed by atoms with Gasteiger partial charge < -0.3 is 9.47 Å². The number of nitrogens with zero attached hydrogens (tertiary/aromatic N) is 3. The van der Waals surface area contributed by atoms with Crippen LogP contribution < -0.4 is 10.2 Å². The van der Waals surface area contributed by atoms with Gasteiger partial charge in [-0.2, -0.15) is 5.10 Å². The Bertz CT molecular complexity index is 1020. The van der Waals surface area contributed by atoms with E-state index >= 15 is 0 Å². The van der Waals surface area contributed by atoms with Crippen molar-refractivity contribution >= 4 is 32.8 Å². The summed E-state index contributed by atoms with van der Waals surface area (Å²) in [6.07, 6.45) is 1.56. The average molecular weight is 404 g/mol. The molecule has 0 atom stereocenters. The third-order valence-electron chi connectivity index (χ3n) is 3.50. The molecule has 0 aliphatic heterocycles. The van der Waals surface area contributed by atoms with Crippen molar-refractivity contribution in [2.24, 2.45) is 0 Å². The van der Waals surface area contributed by atoms with Crippen LogP contribution >= 0.6 is 15.9 Å². The van der Waals surface area contributed by atoms with E-state index in [0.717, 1.165) is 0 Å². The van der Waals surface area contributed by atoms with Crippen molar-refractivity contribution in [2.75, 3.05) is 13.7 Å². The fraction of sp³-hybridized carbons (Fsp3) is 0.176. The molecule has 3 aromatic rings. The van der Waals surface area contributed by atoms with Crippen LogP contribution in [0.4, 0.5) is 0 Å². The minimum absolute atomic E-state index is 0.150. The molecule has 128 valence electrons. The van der Waals surface area contributed by atoms with Crippen molar-refractivity contribution in [3.63, 3.8) is 0 Å². The van der Waals surface area contributed by atoms with Crippen molar-refractivity contribution in [1.29, 1.82) is 0 Å². The zero-order chi connectivity index (χ0) is 18.0. The number of hydrogen-bond acceptors (Lipinski definition) is 6. The minimum atomic E-state index is -0.764. The Morgan fingerprint density at radius 3 is 2.84 bits per heavy atom. The molecule has 0 bridgehead atoms. The van der Waals surface area contributed by atoms with Crippen molar-refractivity contribution in [2.45, 2.75) is 6.92 Å². The molecule has 0 aliphatic rings. The summed E-state index contributed by atoms with van der Waals surface area (Å²) in [6.45, 7) is 1.82. The molecule has 25 heavy (non-hydrogen) atoms. The van der Waals surface area contributed by atoms with Crippen LogP contribution in [0.1, 0.15) is 17.4 Å². The van der Waals surface area contributed by atoms with Crippen molar-refractivity contribution in [3.05, 3.63) is 56.9 Å². The van der Waals surface area contributed by atoms with Gasteiger partial charge in [0.1, 0.15) is 0 Å². The lowest BCUT2D eigenvalue weighted by atomic mass is 10.2. The molecule has 0 spiro atoms. The fourth-order valence-electron chi connectivity index (χ4n) is 2.40. The van der Waals surface area contributed by atoms with Gasteiger partial charge in [0.05, 0.1) is 30.3 Å². The van der Waals surface area contributed by atoms with E-state index in [-0.39, 0.29) is 12.3 Å². The maximum absolute atomic E-state index is 12.7. The Morgan fingerprint density at radius 2 is 2.12 bits per heavy atom. The number of esters is 1. The topological polar surface area (TPSA) is 83.3 Å². The van der Waals surface area contributed by atoms with Crippen molar-refractivity contribution < 1.29 is 14.3 Å². The van der Waals surface area contributed by atoms with Gasteiger partial charge in [-0.15, -0.1) is 0 Å². The number of carbonyl (C=O) groups is 1. The monoisotopic (exact) mass is 403 g/mol. The number of pyridine rings is 1. The molecule has 0 saturated carbocycles. The number of benzene rings is 1. The molecule has 0 fully saturated rings. The molecule has 2 heterocycles. The molecule has 0 aliphatic carbocycles. The highest BCUT2D eigenvalue weighted by atomic mass is 79.9. The summed E-state index contributed by atoms with van der Waals surface area (Å²) in [4.78, 5) is 29.0. The molecule has 0 unspecified atom stereocenters. The van der Waals surface area contributed by atoms with E-state index in [0.29, 0.717) is 26.9 Å². The molecule has 8 heteroatoms. The Labute approximate surface area is 151 Å². The van der Waals surface area contributed by atoms with Crippen LogP contribution in [0.5, 0.6) is 5.88 Å². The lowest BCUT2D eigenvalue weighted by molar-refractivity contribution is 0.0516. The molecule has 2 aromatic heterocycles. The number of aromatic nitrogens is 3. The summed E-state index contributed by atoms with van der Waals surface area (Å²) in [5, 5.41) is 4.58. The number of hydrogen-bond donors (Lipinski definition) is 0. The number of methoxy groups -OCH3 is 1. The molecule has 3 rings (SSSR count). The second-order valence-electron chi connectivity index (χ2n) is 5.00. The van der Waals surface area contributed by atoms with Gasteiger partial charge in [-0.1, -0.05) is 6.07 Å². The van der Waals surface area contributed by atoms with Crippen LogP contribution in [-0.4, -0.2) is 34.5 Å². The number of rotatable bonds is 4. The zero-order valence-corrected chi connectivity index (χ0v) is 15.1. The van der Waals surface area contributed by atoms with Crippen LogP contribution in [0, 0.1) is 0 Å². The van der Waals surface area contributed by atoms with Crippen LogP contribution in [0.25, 0.3) is 16.6 Å². The first-order chi connectivity index (χ1) is 12.1. The van der Waals surface area contributed by atoms with E-state index in [2.05, 4.69) is 26.0 Å². The van der Waals surface area contributed by atoms with Gasteiger partial charge in [-0.3, -0.25) is 4.79 Å². The Balaban J connectivity index is 2.37. The molecule has 0 N–H and O–H groups in total. The van der Waals surface area contributed by atoms with Gasteiger partial charge in [0.15, 0.2) is 0 Å². The normalized spacial score (nSPS) is 10.7. The lowest BCUT2D eigenvalue weighted by Gasteiger charge is -2.13. The van der Waals surface area contributed by atoms with E-state index in [1.165, 1.54) is 11.8 Å². The third kappa shape index (κ3) is 3.12. The highest BCUT2D eigenvalue weighted by molar-refractivity contribution is 9.10. The maximum Gasteiger partial charge on any atom is 0.362 e. The quantitative estimate of drug-likeness (QED) is 0.622. The van der Waals surface area contributed by atoms with Gasteiger partial charge in [-0.25, -0.2) is 14.5 Å². The second-order valence-corrected chi connectivity index (χ2v) is 5.85. The number of fused-ring (bicyclic) bond motifs is 1. The zero-order valence-electron chi connectivity index (χ0n) is 13.5. The van der Waals surface area contributed by atoms with Gasteiger partial charge >= 0.3 is 5.97 Å². The largest absolute Gasteiger partial charge is 0.481 e. The average Bonchev–Trinajstić information content (AvgIpc) is 2.62. The second kappa shape index (κ2) is 7.02. The molecular formula is C17H14BrN3O4. The Kier molecular flexibility index (Phi) is 4.80. The third-order valence-corrected chi connectivity index (χ3v) is 4.16. The first-order valence-corrected chi connectivity index (χ1v) is 8.25. The predicted octanol–water partition coefficient (Wildman–Crippen LogP) is 2.73. The summed E-state index contributed by atoms with van der Waals surface area (Å²) in [6, 6.07) is 8.63. The number of halogens is 1. The molecule has 0 saturated heterocycles. The summed E-state index contributed by atoms with van der Waals surface area (Å²) < 4.78 is 12.2. The van der Waals surface area contributed by atoms with Crippen molar-refractivity contribution in [1.82, 2.24) is 14.8 Å². The lowest BCUT2D eigenvalue weighted by Crippen LogP contribution is -2.24. The van der Waals surface area contributed by atoms with Gasteiger partial charge in [0, 0.05) is 16.7 Å². The van der Waals surface area contributed by atoms with Gasteiger partial charge in [-0.05, 0) is 41.1 Å². The molecule has 0 amide bonds. The highest BCUT2D eigenvalue weighted by Crippen LogP contribution is 2.24. The summed E-state index contributed by atoms with van der Waals surface area (Å²) in [5.74, 6) is -0.376. The number of ether oxygens (including phenoxy) is 2. The molecule has 0 radical (unpaired) electrons. The van der Waals surface area contributed by atoms with Crippen LogP contribution in [0.3, 0.4) is 0 Å². The Hall–Kier alpha value is -2.74. The van der Waals surface area contributed by atoms with E-state index in [9.17, 15) is 9.59 Å². The summed E-state index contributed by atoms with van der Waals surface area (Å²) >= 11 is 3.37. The maximum atomic E-state index is 12.7. The highest BCUT2D eigenvalue weighted by Gasteiger charge is 2.20. The molecule has 7 nitrogen and oxygen atoms in total. The van der Waals surface area contributed by atoms with E-state index in [1.807, 2.05) is 0 Å². The van der Waals surface area contributed by atoms with Gasteiger partial charge in [0.25, 0.3) is 0 Å². The molecular weight excluding hydrogens is 390 g/mol. The van der Waals surface area contributed by atoms with Crippen molar-refractivity contribution in [3.8, 4) is 11.6 Å². The van der Waals surface area contributed by atoms with E-state index < -0.39 is 11.4 Å². The first kappa shape index (κ1) is 17.1. The predicted molar refractivity (Wildman–Crippen MR) is 95.3 cm³/mol. The smallest absolute Gasteiger partial charge is 0.362 e. The van der Waals surface area contributed by atoms with Crippen LogP contribution in [-0.2, 0) is 4.74 Å². The number of carbonyl (C=O) groups excluding carboxylic acids is 1. The van der Waals surface area contributed by atoms with E-state index in [4.69, 9.17) is 9.47 Å². The van der Waals surface area contributed by atoms with E-state index in [1.54, 1.807) is 43.5 Å². The molecule has 1 aromatic carbocycles. The van der Waals surface area contributed by atoms with Gasteiger partial charge in [0.2, 0.25) is 17.0 Å². The SMILES string of the molecule is CCOC(=O)c1nn(-c2ccnc(OC)c2)c2cccc(Br)c2c1=O.